The highest BCUT2D eigenvalue weighted by Crippen LogP contribution is 2.49. The van der Waals surface area contributed by atoms with Gasteiger partial charge in [-0.25, -0.2) is 4.57 Å². The average Bonchev–Trinajstić information content (AvgIpc) is 3.19. The van der Waals surface area contributed by atoms with Crippen LogP contribution in [0.1, 0.15) is 11.1 Å². The van der Waals surface area contributed by atoms with Crippen LogP contribution in [-0.4, -0.2) is 18.5 Å². The Kier molecular flexibility index (Phi) is 4.00. The second kappa shape index (κ2) is 6.78. The number of pyridine rings is 2. The number of fused-ring (bicyclic) bond motifs is 7. The number of para-hydroxylation sites is 1. The number of hydrogen-bond acceptors (Lipinski definition) is 1. The van der Waals surface area contributed by atoms with Gasteiger partial charge in [-0.1, -0.05) is 42.5 Å². The van der Waals surface area contributed by atoms with E-state index >= 15 is 0 Å². The standard InChI is InChI=1S/C30H23F3N3/c1-16-18-9-5-6-10-19(18)26(34(2)3)29-23(16)27-24-17(13-14-35(27)4)15-21(30(31,32)33)25-20-11-7-8-12-22(20)36(29)28(24)25/h5-15H,1-4H3/q+1. The normalized spacial score (nSPS) is 12.9. The number of rotatable bonds is 1. The first-order chi connectivity index (χ1) is 17.2. The van der Waals surface area contributed by atoms with Crippen molar-refractivity contribution in [2.75, 3.05) is 19.0 Å². The van der Waals surface area contributed by atoms with Gasteiger partial charge >= 0.3 is 6.18 Å². The Morgan fingerprint density at radius 1 is 0.806 bits per heavy atom. The lowest BCUT2D eigenvalue weighted by molar-refractivity contribution is -0.643. The van der Waals surface area contributed by atoms with Gasteiger partial charge in [-0.2, -0.15) is 13.2 Å². The zero-order valence-electron chi connectivity index (χ0n) is 20.3. The second-order valence-corrected chi connectivity index (χ2v) is 9.87. The van der Waals surface area contributed by atoms with Gasteiger partial charge in [0.25, 0.3) is 0 Å². The first-order valence-corrected chi connectivity index (χ1v) is 11.9. The van der Waals surface area contributed by atoms with Gasteiger partial charge in [-0.3, -0.25) is 0 Å². The summed E-state index contributed by atoms with van der Waals surface area (Å²) in [6.45, 7) is 2.12. The van der Waals surface area contributed by atoms with Gasteiger partial charge in [0.15, 0.2) is 6.20 Å². The van der Waals surface area contributed by atoms with Crippen LogP contribution in [0.2, 0.25) is 0 Å². The Bertz CT molecular complexity index is 2030. The third kappa shape index (κ3) is 2.46. The summed E-state index contributed by atoms with van der Waals surface area (Å²) in [6.07, 6.45) is -2.61. The van der Waals surface area contributed by atoms with Crippen molar-refractivity contribution in [3.05, 3.63) is 78.0 Å². The van der Waals surface area contributed by atoms with E-state index in [1.54, 1.807) is 6.07 Å². The van der Waals surface area contributed by atoms with Crippen LogP contribution in [0.3, 0.4) is 0 Å². The molecule has 0 unspecified atom stereocenters. The minimum Gasteiger partial charge on any atom is -0.375 e. The van der Waals surface area contributed by atoms with E-state index in [0.717, 1.165) is 49.3 Å². The Balaban J connectivity index is 2.00. The fraction of sp³-hybridized carbons (Fsp3) is 0.167. The van der Waals surface area contributed by atoms with Gasteiger partial charge in [0.2, 0.25) is 5.52 Å². The smallest absolute Gasteiger partial charge is 0.375 e. The molecule has 0 saturated heterocycles. The van der Waals surface area contributed by atoms with Crippen molar-refractivity contribution < 1.29 is 17.7 Å². The van der Waals surface area contributed by atoms with Gasteiger partial charge in [-0.05, 0) is 35.4 Å². The second-order valence-electron chi connectivity index (χ2n) is 9.87. The molecule has 36 heavy (non-hydrogen) atoms. The largest absolute Gasteiger partial charge is 0.417 e. The monoisotopic (exact) mass is 482 g/mol. The summed E-state index contributed by atoms with van der Waals surface area (Å²) in [7, 11) is 5.98. The summed E-state index contributed by atoms with van der Waals surface area (Å²) >= 11 is 0. The third-order valence-electron chi connectivity index (χ3n) is 7.67. The Labute approximate surface area is 204 Å². The van der Waals surface area contributed by atoms with Crippen LogP contribution in [0.5, 0.6) is 0 Å². The summed E-state index contributed by atoms with van der Waals surface area (Å²) in [5.41, 5.74) is 4.80. The van der Waals surface area contributed by atoms with Crippen molar-refractivity contribution in [3.8, 4) is 0 Å². The fourth-order valence-electron chi connectivity index (χ4n) is 6.30. The van der Waals surface area contributed by atoms with E-state index in [1.807, 2.05) is 63.7 Å². The molecule has 0 aliphatic heterocycles. The Morgan fingerprint density at radius 2 is 1.47 bits per heavy atom. The van der Waals surface area contributed by atoms with Crippen LogP contribution in [0.4, 0.5) is 18.9 Å². The van der Waals surface area contributed by atoms with Gasteiger partial charge in [-0.15, -0.1) is 0 Å². The topological polar surface area (TPSA) is 11.5 Å². The Morgan fingerprint density at radius 3 is 2.17 bits per heavy atom. The minimum atomic E-state index is -4.48. The van der Waals surface area contributed by atoms with Gasteiger partial charge in [0, 0.05) is 36.3 Å². The molecule has 3 nitrogen and oxygen atoms in total. The van der Waals surface area contributed by atoms with E-state index in [-0.39, 0.29) is 5.39 Å². The number of aromatic nitrogens is 2. The molecule has 3 aromatic heterocycles. The number of halogens is 3. The predicted molar refractivity (Wildman–Crippen MR) is 141 cm³/mol. The molecule has 0 atom stereocenters. The fourth-order valence-corrected chi connectivity index (χ4v) is 6.30. The number of alkyl halides is 3. The summed E-state index contributed by atoms with van der Waals surface area (Å²) in [5, 5.41) is 5.60. The number of benzene rings is 4. The molecule has 3 heterocycles. The summed E-state index contributed by atoms with van der Waals surface area (Å²) < 4.78 is 47.7. The summed E-state index contributed by atoms with van der Waals surface area (Å²) in [5.74, 6) is 0. The maximum absolute atomic E-state index is 14.5. The van der Waals surface area contributed by atoms with Crippen molar-refractivity contribution >= 4 is 65.5 Å². The molecule has 0 radical (unpaired) electrons. The highest BCUT2D eigenvalue weighted by Gasteiger charge is 2.37. The molecule has 7 rings (SSSR count). The van der Waals surface area contributed by atoms with Gasteiger partial charge in [0.05, 0.1) is 38.6 Å². The Hall–Kier alpha value is -4.06. The molecule has 0 aliphatic carbocycles. The molecule has 6 heteroatoms. The molecule has 0 aliphatic rings. The predicted octanol–water partition coefficient (Wildman–Crippen LogP) is 7.36. The van der Waals surface area contributed by atoms with Crippen LogP contribution in [0.15, 0.2) is 66.9 Å². The zero-order valence-corrected chi connectivity index (χ0v) is 20.3. The molecular formula is C30H23F3N3+. The number of aryl methyl sites for hydroxylation is 2. The van der Waals surface area contributed by atoms with E-state index < -0.39 is 11.7 Å². The minimum absolute atomic E-state index is 0.263. The van der Waals surface area contributed by atoms with Crippen LogP contribution >= 0.6 is 0 Å². The third-order valence-corrected chi connectivity index (χ3v) is 7.67. The molecule has 0 fully saturated rings. The summed E-state index contributed by atoms with van der Waals surface area (Å²) in [4.78, 5) is 2.08. The highest BCUT2D eigenvalue weighted by molar-refractivity contribution is 6.31. The van der Waals surface area contributed by atoms with Crippen LogP contribution in [0.25, 0.3) is 59.8 Å². The van der Waals surface area contributed by atoms with Crippen molar-refractivity contribution in [1.29, 1.82) is 0 Å². The number of hydrogen-bond donors (Lipinski definition) is 0. The molecule has 0 amide bonds. The molecule has 0 N–H and O–H groups in total. The van der Waals surface area contributed by atoms with Crippen LogP contribution in [0, 0.1) is 6.92 Å². The molecule has 7 aromatic rings. The van der Waals surface area contributed by atoms with Gasteiger partial charge in [0.1, 0.15) is 7.05 Å². The lowest BCUT2D eigenvalue weighted by Crippen LogP contribution is -2.29. The van der Waals surface area contributed by atoms with Crippen LogP contribution in [-0.2, 0) is 13.2 Å². The van der Waals surface area contributed by atoms with Crippen molar-refractivity contribution in [2.45, 2.75) is 13.1 Å². The van der Waals surface area contributed by atoms with Crippen molar-refractivity contribution in [1.82, 2.24) is 4.40 Å². The molecule has 0 spiro atoms. The van der Waals surface area contributed by atoms with Crippen molar-refractivity contribution in [3.63, 3.8) is 0 Å². The van der Waals surface area contributed by atoms with Crippen LogP contribution < -0.4 is 9.47 Å². The summed E-state index contributed by atoms with van der Waals surface area (Å²) in [6, 6.07) is 18.9. The van der Waals surface area contributed by atoms with Gasteiger partial charge < -0.3 is 9.30 Å². The molecule has 4 aromatic carbocycles. The zero-order chi connectivity index (χ0) is 25.1. The molecule has 0 bridgehead atoms. The lowest BCUT2D eigenvalue weighted by atomic mass is 9.93. The molecule has 178 valence electrons. The first kappa shape index (κ1) is 21.2. The van der Waals surface area contributed by atoms with E-state index in [2.05, 4.69) is 32.9 Å². The van der Waals surface area contributed by atoms with E-state index in [1.165, 1.54) is 6.07 Å². The number of nitrogens with zero attached hydrogens (tertiary/aromatic N) is 3. The van der Waals surface area contributed by atoms with E-state index in [0.29, 0.717) is 16.3 Å². The maximum Gasteiger partial charge on any atom is 0.417 e. The quantitative estimate of drug-likeness (QED) is 0.135. The average molecular weight is 483 g/mol. The lowest BCUT2D eigenvalue weighted by Gasteiger charge is -2.23. The molecular weight excluding hydrogens is 459 g/mol. The first-order valence-electron chi connectivity index (χ1n) is 11.9. The van der Waals surface area contributed by atoms with E-state index in [4.69, 9.17) is 0 Å². The number of anilines is 1. The van der Waals surface area contributed by atoms with E-state index in [9.17, 15) is 13.2 Å². The van der Waals surface area contributed by atoms with Crippen molar-refractivity contribution in [2.24, 2.45) is 7.05 Å². The molecule has 0 saturated carbocycles. The highest BCUT2D eigenvalue weighted by atomic mass is 19.4. The SMILES string of the molecule is Cc1c2ccccc2c(N(C)C)c2c1c1c3c(cc[n+]1C)cc(C(F)(F)F)c1c4ccccc4n2c13. The maximum atomic E-state index is 14.5.